The molecule has 0 aromatic heterocycles. The maximum absolute atomic E-state index is 13.2. The molecule has 4 rings (SSSR count). The van der Waals surface area contributed by atoms with E-state index in [1.165, 1.54) is 17.5 Å². The van der Waals surface area contributed by atoms with Crippen molar-refractivity contribution in [2.45, 2.75) is 25.3 Å². The van der Waals surface area contributed by atoms with E-state index in [1.807, 2.05) is 18.2 Å². The van der Waals surface area contributed by atoms with Crippen molar-refractivity contribution in [2.75, 3.05) is 53.2 Å². The average molecular weight is 490 g/mol. The van der Waals surface area contributed by atoms with Gasteiger partial charge in [0, 0.05) is 51.4 Å². The van der Waals surface area contributed by atoms with Crippen LogP contribution in [0.4, 0.5) is 0 Å². The van der Waals surface area contributed by atoms with Gasteiger partial charge in [0.25, 0.3) is 5.91 Å². The van der Waals surface area contributed by atoms with Crippen molar-refractivity contribution in [3.05, 3.63) is 47.5 Å². The summed E-state index contributed by atoms with van der Waals surface area (Å²) in [6, 6.07) is 10.6. The number of fused-ring (bicyclic) bond motifs is 1. The van der Waals surface area contributed by atoms with E-state index in [0.29, 0.717) is 31.7 Å². The van der Waals surface area contributed by atoms with Crippen LogP contribution in [0.3, 0.4) is 0 Å². The first-order valence-electron chi connectivity index (χ1n) is 11.5. The van der Waals surface area contributed by atoms with Gasteiger partial charge in [0.1, 0.15) is 10.6 Å². The van der Waals surface area contributed by atoms with Gasteiger partial charge >= 0.3 is 0 Å². The SMILES string of the molecule is CCN(CC)S(=O)(=O)c1cc(C(=O)N2CCN(Cc3ccc4c(c3)OCO4)CC2)ccc1OC. The van der Waals surface area contributed by atoms with Crippen LogP contribution in [0, 0.1) is 0 Å². The molecule has 1 fully saturated rings. The minimum absolute atomic E-state index is 0.0194. The normalized spacial score (nSPS) is 16.2. The number of rotatable bonds is 8. The maximum atomic E-state index is 13.2. The molecule has 0 aliphatic carbocycles. The van der Waals surface area contributed by atoms with Gasteiger partial charge in [0.2, 0.25) is 16.8 Å². The van der Waals surface area contributed by atoms with Crippen molar-refractivity contribution < 1.29 is 27.4 Å². The number of hydrogen-bond acceptors (Lipinski definition) is 7. The Morgan fingerprint density at radius 2 is 1.71 bits per heavy atom. The topological polar surface area (TPSA) is 88.6 Å². The Hall–Kier alpha value is -2.82. The fourth-order valence-corrected chi connectivity index (χ4v) is 5.94. The van der Waals surface area contributed by atoms with Crippen molar-refractivity contribution in [1.82, 2.24) is 14.1 Å². The number of nitrogens with zero attached hydrogens (tertiary/aromatic N) is 3. The Bertz CT molecular complexity index is 1140. The number of hydrogen-bond donors (Lipinski definition) is 0. The van der Waals surface area contributed by atoms with Crippen LogP contribution in [0.2, 0.25) is 0 Å². The van der Waals surface area contributed by atoms with Crippen molar-refractivity contribution >= 4 is 15.9 Å². The van der Waals surface area contributed by atoms with E-state index in [9.17, 15) is 13.2 Å². The summed E-state index contributed by atoms with van der Waals surface area (Å²) in [7, 11) is -2.34. The fraction of sp³-hybridized carbons (Fsp3) is 0.458. The smallest absolute Gasteiger partial charge is 0.253 e. The summed E-state index contributed by atoms with van der Waals surface area (Å²) in [5.41, 5.74) is 1.47. The van der Waals surface area contributed by atoms with Crippen LogP contribution in [-0.2, 0) is 16.6 Å². The molecule has 2 heterocycles. The van der Waals surface area contributed by atoms with Crippen LogP contribution in [-0.4, -0.2) is 81.6 Å². The molecule has 0 N–H and O–H groups in total. The van der Waals surface area contributed by atoms with E-state index in [4.69, 9.17) is 14.2 Å². The highest BCUT2D eigenvalue weighted by Gasteiger charge is 2.29. The van der Waals surface area contributed by atoms with Gasteiger partial charge in [-0.15, -0.1) is 0 Å². The minimum Gasteiger partial charge on any atom is -0.495 e. The first kappa shape index (κ1) is 24.3. The third-order valence-corrected chi connectivity index (χ3v) is 8.31. The van der Waals surface area contributed by atoms with Gasteiger partial charge in [-0.2, -0.15) is 4.31 Å². The Labute approximate surface area is 200 Å². The van der Waals surface area contributed by atoms with Gasteiger partial charge in [-0.25, -0.2) is 8.42 Å². The molecule has 34 heavy (non-hydrogen) atoms. The molecule has 0 spiro atoms. The molecule has 184 valence electrons. The largest absolute Gasteiger partial charge is 0.495 e. The summed E-state index contributed by atoms with van der Waals surface area (Å²) >= 11 is 0. The first-order valence-corrected chi connectivity index (χ1v) is 12.9. The third kappa shape index (κ3) is 4.84. The number of piperazine rings is 1. The Kier molecular flexibility index (Phi) is 7.30. The zero-order chi connectivity index (χ0) is 24.3. The standard InChI is InChI=1S/C24H31N3O6S/c1-4-27(5-2)34(29,30)23-15-19(7-9-21(23)31-3)24(28)26-12-10-25(11-13-26)16-18-6-8-20-22(14-18)33-17-32-20/h6-9,14-15H,4-5,10-13,16-17H2,1-3H3. The Balaban J connectivity index is 1.43. The Morgan fingerprint density at radius 1 is 1.00 bits per heavy atom. The van der Waals surface area contributed by atoms with E-state index in [2.05, 4.69) is 4.90 Å². The summed E-state index contributed by atoms with van der Waals surface area (Å²) in [5, 5.41) is 0. The van der Waals surface area contributed by atoms with E-state index in [1.54, 1.807) is 30.9 Å². The lowest BCUT2D eigenvalue weighted by atomic mass is 10.1. The van der Waals surface area contributed by atoms with Crippen LogP contribution in [0.5, 0.6) is 17.2 Å². The molecule has 0 saturated carbocycles. The van der Waals surface area contributed by atoms with Crippen LogP contribution in [0.25, 0.3) is 0 Å². The van der Waals surface area contributed by atoms with Crippen molar-refractivity contribution in [1.29, 1.82) is 0 Å². The highest BCUT2D eigenvalue weighted by Crippen LogP contribution is 2.33. The van der Waals surface area contributed by atoms with Gasteiger partial charge in [-0.3, -0.25) is 9.69 Å². The summed E-state index contributed by atoms with van der Waals surface area (Å²) < 4.78 is 43.7. The third-order valence-electron chi connectivity index (χ3n) is 6.24. The van der Waals surface area contributed by atoms with Crippen LogP contribution < -0.4 is 14.2 Å². The van der Waals surface area contributed by atoms with Crippen LogP contribution in [0.15, 0.2) is 41.3 Å². The Morgan fingerprint density at radius 3 is 2.38 bits per heavy atom. The molecule has 0 unspecified atom stereocenters. The molecule has 9 nitrogen and oxygen atoms in total. The van der Waals surface area contributed by atoms with Crippen molar-refractivity contribution in [2.24, 2.45) is 0 Å². The molecule has 1 saturated heterocycles. The zero-order valence-electron chi connectivity index (χ0n) is 19.8. The summed E-state index contributed by atoms with van der Waals surface area (Å²) in [6.45, 7) is 7.83. The number of methoxy groups -OCH3 is 1. The van der Waals surface area contributed by atoms with Gasteiger partial charge in [-0.05, 0) is 35.9 Å². The van der Waals surface area contributed by atoms with E-state index >= 15 is 0 Å². The second kappa shape index (κ2) is 10.2. The number of carbonyl (C=O) groups is 1. The van der Waals surface area contributed by atoms with Gasteiger partial charge in [-0.1, -0.05) is 19.9 Å². The molecule has 2 aliphatic rings. The molecule has 0 atom stereocenters. The lowest BCUT2D eigenvalue weighted by Gasteiger charge is -2.35. The minimum atomic E-state index is -3.77. The van der Waals surface area contributed by atoms with E-state index in [-0.39, 0.29) is 23.3 Å². The molecular formula is C24H31N3O6S. The molecule has 0 radical (unpaired) electrons. The molecule has 10 heteroatoms. The van der Waals surface area contributed by atoms with Crippen molar-refractivity contribution in [3.8, 4) is 17.2 Å². The molecule has 2 aromatic rings. The van der Waals surface area contributed by atoms with Gasteiger partial charge in [0.05, 0.1) is 7.11 Å². The molecular weight excluding hydrogens is 458 g/mol. The van der Waals surface area contributed by atoms with E-state index < -0.39 is 10.0 Å². The fourth-order valence-electron chi connectivity index (χ4n) is 4.30. The predicted molar refractivity (Wildman–Crippen MR) is 127 cm³/mol. The number of ether oxygens (including phenoxy) is 3. The highest BCUT2D eigenvalue weighted by atomic mass is 32.2. The average Bonchev–Trinajstić information content (AvgIpc) is 3.32. The summed E-state index contributed by atoms with van der Waals surface area (Å²) in [4.78, 5) is 17.3. The van der Waals surface area contributed by atoms with Crippen LogP contribution in [0.1, 0.15) is 29.8 Å². The number of benzene rings is 2. The molecule has 2 aromatic carbocycles. The first-order chi connectivity index (χ1) is 16.4. The van der Waals surface area contributed by atoms with Gasteiger partial charge < -0.3 is 19.1 Å². The number of carbonyl (C=O) groups excluding carboxylic acids is 1. The quantitative estimate of drug-likeness (QED) is 0.563. The number of sulfonamides is 1. The monoisotopic (exact) mass is 489 g/mol. The second-order valence-corrected chi connectivity index (χ2v) is 10.1. The molecule has 0 bridgehead atoms. The molecule has 1 amide bonds. The highest BCUT2D eigenvalue weighted by molar-refractivity contribution is 7.89. The summed E-state index contributed by atoms with van der Waals surface area (Å²) in [5.74, 6) is 1.58. The lowest BCUT2D eigenvalue weighted by Crippen LogP contribution is -2.48. The van der Waals surface area contributed by atoms with E-state index in [0.717, 1.165) is 36.7 Å². The molecule has 2 aliphatic heterocycles. The van der Waals surface area contributed by atoms with Crippen molar-refractivity contribution in [3.63, 3.8) is 0 Å². The van der Waals surface area contributed by atoms with Gasteiger partial charge in [0.15, 0.2) is 11.5 Å². The lowest BCUT2D eigenvalue weighted by molar-refractivity contribution is 0.0628. The number of amides is 1. The van der Waals surface area contributed by atoms with Crippen LogP contribution >= 0.6 is 0 Å². The zero-order valence-corrected chi connectivity index (χ0v) is 20.6. The predicted octanol–water partition coefficient (Wildman–Crippen LogP) is 2.41. The summed E-state index contributed by atoms with van der Waals surface area (Å²) in [6.07, 6.45) is 0. The maximum Gasteiger partial charge on any atom is 0.253 e. The second-order valence-electron chi connectivity index (χ2n) is 8.21.